The molecule has 7 heteroatoms. The van der Waals surface area contributed by atoms with E-state index in [0.29, 0.717) is 41.8 Å². The Bertz CT molecular complexity index is 846. The van der Waals surface area contributed by atoms with Crippen LogP contribution in [0.25, 0.3) is 0 Å². The van der Waals surface area contributed by atoms with Crippen LogP contribution in [-0.4, -0.2) is 39.1 Å². The average molecular weight is 370 g/mol. The van der Waals surface area contributed by atoms with E-state index in [0.717, 1.165) is 11.1 Å². The van der Waals surface area contributed by atoms with Crippen LogP contribution >= 0.6 is 0 Å². The van der Waals surface area contributed by atoms with Crippen molar-refractivity contribution < 1.29 is 23.7 Å². The van der Waals surface area contributed by atoms with Crippen molar-refractivity contribution in [3.8, 4) is 23.0 Å². The highest BCUT2D eigenvalue weighted by Crippen LogP contribution is 2.39. The highest BCUT2D eigenvalue weighted by molar-refractivity contribution is 5.84. The predicted octanol–water partition coefficient (Wildman–Crippen LogP) is 2.61. The molecule has 7 nitrogen and oxygen atoms in total. The van der Waals surface area contributed by atoms with Crippen molar-refractivity contribution in [2.45, 2.75) is 13.8 Å². The van der Waals surface area contributed by atoms with Crippen molar-refractivity contribution in [2.24, 2.45) is 5.10 Å². The van der Waals surface area contributed by atoms with Crippen LogP contribution in [0.4, 0.5) is 0 Å². The Labute approximate surface area is 157 Å². The van der Waals surface area contributed by atoms with Crippen LogP contribution in [0.3, 0.4) is 0 Å². The Kier molecular flexibility index (Phi) is 5.80. The number of fused-ring (bicyclic) bond motifs is 1. The molecule has 1 aliphatic heterocycles. The number of aryl methyl sites for hydroxylation is 2. The number of carbonyl (C=O) groups is 1. The predicted molar refractivity (Wildman–Crippen MR) is 101 cm³/mol. The van der Waals surface area contributed by atoms with Gasteiger partial charge in [0, 0.05) is 5.56 Å². The normalized spacial score (nSPS) is 12.7. The second-order valence-electron chi connectivity index (χ2n) is 6.10. The molecule has 1 amide bonds. The summed E-state index contributed by atoms with van der Waals surface area (Å²) in [5.74, 6) is 2.05. The van der Waals surface area contributed by atoms with Crippen LogP contribution in [-0.2, 0) is 4.79 Å². The Hall–Kier alpha value is -3.22. The van der Waals surface area contributed by atoms with E-state index in [4.69, 9.17) is 18.9 Å². The fourth-order valence-electron chi connectivity index (χ4n) is 2.59. The van der Waals surface area contributed by atoms with Gasteiger partial charge in [-0.3, -0.25) is 4.79 Å². The molecule has 0 aliphatic carbocycles. The largest absolute Gasteiger partial charge is 0.493 e. The number of hydrogen-bond donors (Lipinski definition) is 1. The van der Waals surface area contributed by atoms with Crippen molar-refractivity contribution in [1.82, 2.24) is 5.43 Å². The third kappa shape index (κ3) is 4.69. The van der Waals surface area contributed by atoms with Crippen molar-refractivity contribution in [1.29, 1.82) is 0 Å². The summed E-state index contributed by atoms with van der Waals surface area (Å²) in [6.07, 6.45) is 1.51. The van der Waals surface area contributed by atoms with E-state index in [-0.39, 0.29) is 12.5 Å². The molecule has 1 heterocycles. The van der Waals surface area contributed by atoms with E-state index in [2.05, 4.69) is 10.5 Å². The van der Waals surface area contributed by atoms with Crippen LogP contribution < -0.4 is 24.4 Å². The Balaban J connectivity index is 1.58. The minimum absolute atomic E-state index is 0.119. The first-order valence-corrected chi connectivity index (χ1v) is 8.56. The molecule has 2 aromatic rings. The van der Waals surface area contributed by atoms with Gasteiger partial charge in [-0.1, -0.05) is 12.1 Å². The summed E-state index contributed by atoms with van der Waals surface area (Å²) < 4.78 is 22.0. The van der Waals surface area contributed by atoms with Crippen LogP contribution in [0.1, 0.15) is 16.7 Å². The number of methoxy groups -OCH3 is 1. The first kappa shape index (κ1) is 18.6. The SMILES string of the molecule is COc1cc(/C=N\NC(=O)COc2cc(C)ccc2C)cc2c1OCCO2. The molecule has 0 saturated heterocycles. The number of hydrogen-bond acceptors (Lipinski definition) is 6. The second kappa shape index (κ2) is 8.44. The minimum atomic E-state index is -0.350. The highest BCUT2D eigenvalue weighted by atomic mass is 16.6. The lowest BCUT2D eigenvalue weighted by atomic mass is 10.1. The summed E-state index contributed by atoms with van der Waals surface area (Å²) >= 11 is 0. The smallest absolute Gasteiger partial charge is 0.277 e. The van der Waals surface area contributed by atoms with Crippen LogP contribution in [0.5, 0.6) is 23.0 Å². The molecule has 0 radical (unpaired) electrons. The van der Waals surface area contributed by atoms with Gasteiger partial charge < -0.3 is 18.9 Å². The summed E-state index contributed by atoms with van der Waals surface area (Å²) in [5.41, 5.74) is 5.20. The Morgan fingerprint density at radius 3 is 2.81 bits per heavy atom. The number of amides is 1. The number of ether oxygens (including phenoxy) is 4. The first-order chi connectivity index (χ1) is 13.1. The van der Waals surface area contributed by atoms with Gasteiger partial charge in [0.15, 0.2) is 18.1 Å². The van der Waals surface area contributed by atoms with Gasteiger partial charge in [-0.2, -0.15) is 5.10 Å². The van der Waals surface area contributed by atoms with Crippen LogP contribution in [0, 0.1) is 13.8 Å². The summed E-state index contributed by atoms with van der Waals surface area (Å²) in [5, 5.41) is 3.96. The number of nitrogens with zero attached hydrogens (tertiary/aromatic N) is 1. The molecule has 0 fully saturated rings. The van der Waals surface area contributed by atoms with Gasteiger partial charge in [-0.25, -0.2) is 5.43 Å². The summed E-state index contributed by atoms with van der Waals surface area (Å²) in [6, 6.07) is 9.38. The van der Waals surface area contributed by atoms with Gasteiger partial charge in [0.25, 0.3) is 5.91 Å². The van der Waals surface area contributed by atoms with E-state index in [1.807, 2.05) is 32.0 Å². The fourth-order valence-corrected chi connectivity index (χ4v) is 2.59. The molecule has 2 aromatic carbocycles. The second-order valence-corrected chi connectivity index (χ2v) is 6.10. The minimum Gasteiger partial charge on any atom is -0.493 e. The van der Waals surface area contributed by atoms with E-state index in [9.17, 15) is 4.79 Å². The fraction of sp³-hybridized carbons (Fsp3) is 0.300. The molecule has 1 N–H and O–H groups in total. The summed E-state index contributed by atoms with van der Waals surface area (Å²) in [4.78, 5) is 11.9. The van der Waals surface area contributed by atoms with Crippen molar-refractivity contribution in [2.75, 3.05) is 26.9 Å². The molecule has 0 unspecified atom stereocenters. The van der Waals surface area contributed by atoms with Gasteiger partial charge in [-0.15, -0.1) is 0 Å². The maximum atomic E-state index is 11.9. The molecule has 27 heavy (non-hydrogen) atoms. The van der Waals surface area contributed by atoms with E-state index in [1.165, 1.54) is 6.21 Å². The van der Waals surface area contributed by atoms with Crippen molar-refractivity contribution in [3.05, 3.63) is 47.0 Å². The molecule has 3 rings (SSSR count). The Morgan fingerprint density at radius 1 is 1.19 bits per heavy atom. The zero-order valence-electron chi connectivity index (χ0n) is 15.6. The topological polar surface area (TPSA) is 78.4 Å². The zero-order valence-corrected chi connectivity index (χ0v) is 15.6. The standard InChI is InChI=1S/C20H22N2O5/c1-13-4-5-14(2)16(8-13)27-12-19(23)22-21-11-15-9-17(24-3)20-18(10-15)25-6-7-26-20/h4-5,8-11H,6-7,12H2,1-3H3,(H,22,23)/b21-11-. The molecule has 0 spiro atoms. The lowest BCUT2D eigenvalue weighted by molar-refractivity contribution is -0.123. The molecule has 0 saturated carbocycles. The molecular weight excluding hydrogens is 348 g/mol. The number of benzene rings is 2. The quantitative estimate of drug-likeness (QED) is 0.625. The zero-order chi connectivity index (χ0) is 19.2. The maximum Gasteiger partial charge on any atom is 0.277 e. The van der Waals surface area contributed by atoms with Gasteiger partial charge in [0.1, 0.15) is 19.0 Å². The summed E-state index contributed by atoms with van der Waals surface area (Å²) in [6.45, 7) is 4.74. The number of hydrazone groups is 1. The van der Waals surface area contributed by atoms with Crippen molar-refractivity contribution in [3.63, 3.8) is 0 Å². The average Bonchev–Trinajstić information content (AvgIpc) is 2.68. The monoisotopic (exact) mass is 370 g/mol. The van der Waals surface area contributed by atoms with Crippen LogP contribution in [0.15, 0.2) is 35.4 Å². The maximum absolute atomic E-state index is 11.9. The number of rotatable bonds is 6. The van der Waals surface area contributed by atoms with Gasteiger partial charge in [0.05, 0.1) is 13.3 Å². The molecule has 0 atom stereocenters. The highest BCUT2D eigenvalue weighted by Gasteiger charge is 2.18. The molecular formula is C20H22N2O5. The van der Waals surface area contributed by atoms with Gasteiger partial charge in [0.2, 0.25) is 5.75 Å². The Morgan fingerprint density at radius 2 is 2.00 bits per heavy atom. The molecule has 0 bridgehead atoms. The lowest BCUT2D eigenvalue weighted by Crippen LogP contribution is -2.24. The number of carbonyl (C=O) groups excluding carboxylic acids is 1. The van der Waals surface area contributed by atoms with Gasteiger partial charge in [-0.05, 0) is 43.2 Å². The first-order valence-electron chi connectivity index (χ1n) is 8.56. The van der Waals surface area contributed by atoms with E-state index >= 15 is 0 Å². The van der Waals surface area contributed by atoms with Crippen molar-refractivity contribution >= 4 is 12.1 Å². The van der Waals surface area contributed by atoms with E-state index in [1.54, 1.807) is 19.2 Å². The van der Waals surface area contributed by atoms with Gasteiger partial charge >= 0.3 is 0 Å². The molecule has 0 aromatic heterocycles. The molecule has 142 valence electrons. The third-order valence-electron chi connectivity index (χ3n) is 3.96. The number of nitrogens with one attached hydrogen (secondary N) is 1. The van der Waals surface area contributed by atoms with Crippen LogP contribution in [0.2, 0.25) is 0 Å². The third-order valence-corrected chi connectivity index (χ3v) is 3.96. The molecule has 1 aliphatic rings. The summed E-state index contributed by atoms with van der Waals surface area (Å²) in [7, 11) is 1.56. The van der Waals surface area contributed by atoms with E-state index < -0.39 is 0 Å². The lowest BCUT2D eigenvalue weighted by Gasteiger charge is -2.20.